The van der Waals surface area contributed by atoms with E-state index in [1.807, 2.05) is 43.3 Å². The molecule has 7 nitrogen and oxygen atoms in total. The third kappa shape index (κ3) is 5.31. The molecular weight excluding hydrogens is 378 g/mol. The van der Waals surface area contributed by atoms with Gasteiger partial charge in [0.15, 0.2) is 0 Å². The number of hydrogen-bond donors (Lipinski definition) is 2. The first kappa shape index (κ1) is 21.2. The molecule has 2 amide bonds. The van der Waals surface area contributed by atoms with Gasteiger partial charge >= 0.3 is 0 Å². The molecule has 1 heterocycles. The summed E-state index contributed by atoms with van der Waals surface area (Å²) in [6.45, 7) is 8.18. The van der Waals surface area contributed by atoms with Crippen molar-refractivity contribution in [3.05, 3.63) is 77.9 Å². The van der Waals surface area contributed by atoms with Crippen LogP contribution >= 0.6 is 0 Å². The van der Waals surface area contributed by atoms with Gasteiger partial charge in [0, 0.05) is 5.56 Å². The SMILES string of the molecule is C[C@H](NC(=O)CNC(=O)c1ccc(C(C)(C)C)cc1)c1ccc(-n2cncn2)cc1. The van der Waals surface area contributed by atoms with E-state index in [9.17, 15) is 9.59 Å². The monoisotopic (exact) mass is 405 g/mol. The Labute approximate surface area is 176 Å². The molecule has 3 aromatic rings. The molecular formula is C23H27N5O2. The number of benzene rings is 2. The third-order valence-electron chi connectivity index (χ3n) is 4.88. The van der Waals surface area contributed by atoms with E-state index in [-0.39, 0.29) is 29.8 Å². The molecule has 0 unspecified atom stereocenters. The van der Waals surface area contributed by atoms with E-state index < -0.39 is 0 Å². The second kappa shape index (κ2) is 8.90. The average molecular weight is 406 g/mol. The normalized spacial score (nSPS) is 12.3. The lowest BCUT2D eigenvalue weighted by molar-refractivity contribution is -0.120. The highest BCUT2D eigenvalue weighted by Gasteiger charge is 2.15. The fourth-order valence-electron chi connectivity index (χ4n) is 3.02. The van der Waals surface area contributed by atoms with E-state index in [0.29, 0.717) is 5.56 Å². The molecule has 2 N–H and O–H groups in total. The lowest BCUT2D eigenvalue weighted by Gasteiger charge is -2.19. The van der Waals surface area contributed by atoms with Crippen LogP contribution in [-0.4, -0.2) is 33.1 Å². The Kier molecular flexibility index (Phi) is 6.30. The molecule has 0 saturated carbocycles. The molecule has 0 bridgehead atoms. The molecule has 0 aliphatic carbocycles. The van der Waals surface area contributed by atoms with Crippen LogP contribution in [0.4, 0.5) is 0 Å². The molecule has 0 saturated heterocycles. The molecule has 1 aromatic heterocycles. The van der Waals surface area contributed by atoms with Gasteiger partial charge < -0.3 is 10.6 Å². The van der Waals surface area contributed by atoms with E-state index in [1.165, 1.54) is 6.33 Å². The standard InChI is InChI=1S/C23H27N5O2/c1-16(17-7-11-20(12-8-17)28-15-24-14-26-28)27-21(29)13-25-22(30)18-5-9-19(10-6-18)23(2,3)4/h5-12,14-16H,13H2,1-4H3,(H,25,30)(H,27,29)/t16-/m0/s1. The smallest absolute Gasteiger partial charge is 0.251 e. The van der Waals surface area contributed by atoms with Crippen LogP contribution in [0.3, 0.4) is 0 Å². The number of hydrogen-bond acceptors (Lipinski definition) is 4. The van der Waals surface area contributed by atoms with Gasteiger partial charge in [-0.2, -0.15) is 5.10 Å². The number of rotatable bonds is 6. The number of carbonyl (C=O) groups excluding carboxylic acids is 2. The van der Waals surface area contributed by atoms with Crippen LogP contribution in [0.2, 0.25) is 0 Å². The van der Waals surface area contributed by atoms with Gasteiger partial charge in [-0.25, -0.2) is 9.67 Å². The first-order valence-corrected chi connectivity index (χ1v) is 9.87. The summed E-state index contributed by atoms with van der Waals surface area (Å²) in [7, 11) is 0. The Morgan fingerprint density at radius 1 is 1.03 bits per heavy atom. The molecule has 1 atom stereocenters. The van der Waals surface area contributed by atoms with Gasteiger partial charge in [-0.1, -0.05) is 45.0 Å². The maximum atomic E-state index is 12.3. The zero-order valence-corrected chi connectivity index (χ0v) is 17.7. The molecule has 3 rings (SSSR count). The lowest BCUT2D eigenvalue weighted by atomic mass is 9.87. The molecule has 0 spiro atoms. The van der Waals surface area contributed by atoms with Gasteiger partial charge in [0.05, 0.1) is 18.3 Å². The van der Waals surface area contributed by atoms with E-state index in [0.717, 1.165) is 16.8 Å². The molecule has 7 heteroatoms. The van der Waals surface area contributed by atoms with Crippen molar-refractivity contribution in [3.8, 4) is 5.69 Å². The minimum Gasteiger partial charge on any atom is -0.348 e. The van der Waals surface area contributed by atoms with E-state index >= 15 is 0 Å². The first-order valence-electron chi connectivity index (χ1n) is 9.87. The first-order chi connectivity index (χ1) is 14.2. The van der Waals surface area contributed by atoms with Gasteiger partial charge in [0.1, 0.15) is 12.7 Å². The highest BCUT2D eigenvalue weighted by Crippen LogP contribution is 2.22. The molecule has 0 radical (unpaired) electrons. The quantitative estimate of drug-likeness (QED) is 0.659. The summed E-state index contributed by atoms with van der Waals surface area (Å²) in [5, 5.41) is 9.66. The fourth-order valence-corrected chi connectivity index (χ4v) is 3.02. The minimum absolute atomic E-state index is 0.0263. The molecule has 0 aliphatic rings. The number of nitrogens with zero attached hydrogens (tertiary/aromatic N) is 3. The summed E-state index contributed by atoms with van der Waals surface area (Å²) >= 11 is 0. The summed E-state index contributed by atoms with van der Waals surface area (Å²) in [6.07, 6.45) is 3.10. The van der Waals surface area contributed by atoms with E-state index in [1.54, 1.807) is 23.1 Å². The highest BCUT2D eigenvalue weighted by molar-refractivity contribution is 5.96. The summed E-state index contributed by atoms with van der Waals surface area (Å²) in [5.41, 5.74) is 3.56. The van der Waals surface area contributed by atoms with Crippen LogP contribution in [0.5, 0.6) is 0 Å². The van der Waals surface area contributed by atoms with Crippen LogP contribution in [-0.2, 0) is 10.2 Å². The zero-order chi connectivity index (χ0) is 21.7. The maximum Gasteiger partial charge on any atom is 0.251 e. The van der Waals surface area contributed by atoms with Crippen LogP contribution in [0.15, 0.2) is 61.2 Å². The minimum atomic E-state index is -0.268. The van der Waals surface area contributed by atoms with Crippen LogP contribution in [0.1, 0.15) is 55.2 Å². The largest absolute Gasteiger partial charge is 0.348 e. The molecule has 30 heavy (non-hydrogen) atoms. The number of aromatic nitrogens is 3. The average Bonchev–Trinajstić information content (AvgIpc) is 3.26. The van der Waals surface area contributed by atoms with E-state index in [2.05, 4.69) is 41.5 Å². The van der Waals surface area contributed by atoms with Crippen molar-refractivity contribution >= 4 is 11.8 Å². The van der Waals surface area contributed by atoms with Crippen molar-refractivity contribution in [2.45, 2.75) is 39.2 Å². The zero-order valence-electron chi connectivity index (χ0n) is 17.7. The fraction of sp³-hybridized carbons (Fsp3) is 0.304. The Morgan fingerprint density at radius 3 is 2.27 bits per heavy atom. The van der Waals surface area contributed by atoms with Crippen molar-refractivity contribution in [3.63, 3.8) is 0 Å². The Morgan fingerprint density at radius 2 is 1.70 bits per heavy atom. The number of carbonyl (C=O) groups is 2. The van der Waals surface area contributed by atoms with Crippen molar-refractivity contribution in [1.82, 2.24) is 25.4 Å². The van der Waals surface area contributed by atoms with Crippen LogP contribution < -0.4 is 10.6 Å². The van der Waals surface area contributed by atoms with E-state index in [4.69, 9.17) is 0 Å². The molecule has 2 aromatic carbocycles. The van der Waals surface area contributed by atoms with Gasteiger partial charge in [0.25, 0.3) is 5.91 Å². The summed E-state index contributed by atoms with van der Waals surface area (Å²) in [6, 6.07) is 14.9. The maximum absolute atomic E-state index is 12.3. The highest BCUT2D eigenvalue weighted by atomic mass is 16.2. The lowest BCUT2D eigenvalue weighted by Crippen LogP contribution is -2.38. The van der Waals surface area contributed by atoms with Crippen molar-refractivity contribution in [2.75, 3.05) is 6.54 Å². The van der Waals surface area contributed by atoms with Crippen LogP contribution in [0.25, 0.3) is 5.69 Å². The molecule has 156 valence electrons. The topological polar surface area (TPSA) is 88.9 Å². The Bertz CT molecular complexity index is 988. The van der Waals surface area contributed by atoms with Crippen molar-refractivity contribution < 1.29 is 9.59 Å². The second-order valence-corrected chi connectivity index (χ2v) is 8.23. The predicted molar refractivity (Wildman–Crippen MR) is 115 cm³/mol. The van der Waals surface area contributed by atoms with Crippen molar-refractivity contribution in [2.24, 2.45) is 0 Å². The second-order valence-electron chi connectivity index (χ2n) is 8.23. The third-order valence-corrected chi connectivity index (χ3v) is 4.88. The Hall–Kier alpha value is -3.48. The van der Waals surface area contributed by atoms with Gasteiger partial charge in [-0.05, 0) is 47.7 Å². The Balaban J connectivity index is 1.50. The number of amides is 2. The van der Waals surface area contributed by atoms with Gasteiger partial charge in [0.2, 0.25) is 5.91 Å². The van der Waals surface area contributed by atoms with Gasteiger partial charge in [-0.15, -0.1) is 0 Å². The van der Waals surface area contributed by atoms with Crippen molar-refractivity contribution in [1.29, 1.82) is 0 Å². The summed E-state index contributed by atoms with van der Waals surface area (Å²) in [4.78, 5) is 28.5. The summed E-state index contributed by atoms with van der Waals surface area (Å²) < 4.78 is 1.66. The van der Waals surface area contributed by atoms with Crippen LogP contribution in [0, 0.1) is 0 Å². The summed E-state index contributed by atoms with van der Waals surface area (Å²) in [5.74, 6) is -0.516. The number of nitrogens with one attached hydrogen (secondary N) is 2. The molecule has 0 aliphatic heterocycles. The predicted octanol–water partition coefficient (Wildman–Crippen LogP) is 3.17. The van der Waals surface area contributed by atoms with Gasteiger partial charge in [-0.3, -0.25) is 9.59 Å². The molecule has 0 fully saturated rings.